The fourth-order valence-electron chi connectivity index (χ4n) is 9.34. The second kappa shape index (κ2) is 69.0. The lowest BCUT2D eigenvalue weighted by Gasteiger charge is -2.21. The van der Waals surface area contributed by atoms with Gasteiger partial charge in [-0.25, -0.2) is 9.13 Å². The largest absolute Gasteiger partial charge is 0.472 e. The summed E-state index contributed by atoms with van der Waals surface area (Å²) < 4.78 is 68.2. The molecule has 5 atom stereocenters. The van der Waals surface area contributed by atoms with Crippen LogP contribution in [0.2, 0.25) is 0 Å². The third-order valence-corrected chi connectivity index (χ3v) is 16.8. The standard InChI is InChI=1S/C77H130O17P2/c1-5-9-13-17-21-25-29-32-34-35-37-39-43-46-50-54-58-62-75(80)88-68-73(94-77(82)64-60-56-52-48-44-40-36-33-30-26-22-18-14-10-6-2)70-92-96(85,86)90-66-71(78)65-89-95(83,84)91-69-72(93-76(81)63-59-55-51-47-41-28-24-20-16-12-8-4)67-87-74(79)61-57-53-49-45-42-38-31-27-23-19-15-11-7-3/h9-10,13-14,20-22,24-26,32-34,36-37,39,44,46,48,50,71-73,78H,5-8,11-12,15-19,23,27-31,35,38,40-43,45,47,49,51-70H2,1-4H3,(H,83,84)(H,85,86)/b13-9-,14-10-,24-20-,25-21-,26-22-,34-32-,36-33-,39-37-,48-44-,50-46-. The number of hydrogen-bond acceptors (Lipinski definition) is 15. The normalized spacial score (nSPS) is 14.7. The van der Waals surface area contributed by atoms with Gasteiger partial charge in [-0.15, -0.1) is 0 Å². The molecule has 0 spiro atoms. The van der Waals surface area contributed by atoms with Gasteiger partial charge in [0.1, 0.15) is 19.3 Å². The van der Waals surface area contributed by atoms with E-state index in [-0.39, 0.29) is 25.7 Å². The zero-order valence-corrected chi connectivity index (χ0v) is 61.5. The van der Waals surface area contributed by atoms with Crippen molar-refractivity contribution in [2.75, 3.05) is 39.6 Å². The van der Waals surface area contributed by atoms with Crippen LogP contribution < -0.4 is 0 Å². The van der Waals surface area contributed by atoms with E-state index in [1.165, 1.54) is 70.6 Å². The molecule has 3 N–H and O–H groups in total. The summed E-state index contributed by atoms with van der Waals surface area (Å²) in [5, 5.41) is 10.6. The Morgan fingerprint density at radius 1 is 0.302 bits per heavy atom. The maximum atomic E-state index is 13.0. The van der Waals surface area contributed by atoms with Gasteiger partial charge in [0.15, 0.2) is 12.2 Å². The van der Waals surface area contributed by atoms with Gasteiger partial charge in [0.05, 0.1) is 26.4 Å². The summed E-state index contributed by atoms with van der Waals surface area (Å²) in [7, 11) is -9.97. The first kappa shape index (κ1) is 91.5. The Balaban J connectivity index is 5.42. The van der Waals surface area contributed by atoms with Crippen LogP contribution in [0.4, 0.5) is 0 Å². The van der Waals surface area contributed by atoms with Crippen LogP contribution in [-0.4, -0.2) is 96.7 Å². The number of phosphoric ester groups is 2. The van der Waals surface area contributed by atoms with E-state index in [0.29, 0.717) is 38.5 Å². The molecular formula is C77H130O17P2. The van der Waals surface area contributed by atoms with Gasteiger partial charge in [-0.2, -0.15) is 0 Å². The highest BCUT2D eigenvalue weighted by Gasteiger charge is 2.30. The summed E-state index contributed by atoms with van der Waals surface area (Å²) in [5.74, 6) is -2.30. The molecule has 0 aromatic rings. The molecule has 0 aromatic carbocycles. The topological polar surface area (TPSA) is 237 Å². The lowest BCUT2D eigenvalue weighted by Crippen LogP contribution is -2.30. The summed E-state index contributed by atoms with van der Waals surface area (Å²) in [6.45, 7) is 4.47. The third-order valence-electron chi connectivity index (χ3n) is 14.9. The quantitative estimate of drug-likeness (QED) is 0.0169. The van der Waals surface area contributed by atoms with Gasteiger partial charge >= 0.3 is 39.5 Å². The minimum atomic E-state index is -5.00. The molecule has 550 valence electrons. The maximum absolute atomic E-state index is 13.0. The number of aliphatic hydroxyl groups excluding tert-OH is 1. The number of ether oxygens (including phenoxy) is 4. The Bertz CT molecular complexity index is 2300. The smallest absolute Gasteiger partial charge is 0.462 e. The highest BCUT2D eigenvalue weighted by atomic mass is 31.2. The molecule has 0 amide bonds. The summed E-state index contributed by atoms with van der Waals surface area (Å²) in [4.78, 5) is 72.7. The van der Waals surface area contributed by atoms with E-state index in [1.54, 1.807) is 0 Å². The van der Waals surface area contributed by atoms with Crippen LogP contribution in [0.1, 0.15) is 285 Å². The van der Waals surface area contributed by atoms with Crippen molar-refractivity contribution in [2.24, 2.45) is 0 Å². The Morgan fingerprint density at radius 2 is 0.562 bits per heavy atom. The average molecular weight is 1390 g/mol. The van der Waals surface area contributed by atoms with E-state index in [0.717, 1.165) is 122 Å². The minimum Gasteiger partial charge on any atom is -0.462 e. The van der Waals surface area contributed by atoms with E-state index < -0.39 is 97.5 Å². The van der Waals surface area contributed by atoms with Crippen LogP contribution in [0.3, 0.4) is 0 Å². The number of unbranched alkanes of at least 4 members (excludes halogenated alkanes) is 22. The number of phosphoric acid groups is 2. The van der Waals surface area contributed by atoms with Crippen molar-refractivity contribution in [1.82, 2.24) is 0 Å². The molecular weight excluding hydrogens is 1260 g/mol. The monoisotopic (exact) mass is 1390 g/mol. The Labute approximate surface area is 581 Å². The zero-order chi connectivity index (χ0) is 70.4. The number of hydrogen-bond donors (Lipinski definition) is 3. The van der Waals surface area contributed by atoms with Gasteiger partial charge in [-0.1, -0.05) is 258 Å². The van der Waals surface area contributed by atoms with Crippen molar-refractivity contribution in [3.8, 4) is 0 Å². The summed E-state index contributed by atoms with van der Waals surface area (Å²) >= 11 is 0. The first-order chi connectivity index (χ1) is 46.7. The molecule has 0 aliphatic rings. The number of allylic oxidation sites excluding steroid dienone is 20. The summed E-state index contributed by atoms with van der Waals surface area (Å²) in [5.41, 5.74) is 0. The third kappa shape index (κ3) is 68.0. The molecule has 0 rings (SSSR count). The van der Waals surface area contributed by atoms with Crippen molar-refractivity contribution in [2.45, 2.75) is 303 Å². The van der Waals surface area contributed by atoms with Crippen molar-refractivity contribution in [1.29, 1.82) is 0 Å². The molecule has 0 radical (unpaired) electrons. The van der Waals surface area contributed by atoms with Gasteiger partial charge in [-0.05, 0) is 122 Å². The Hall–Kier alpha value is -4.54. The van der Waals surface area contributed by atoms with Crippen LogP contribution in [0.25, 0.3) is 0 Å². The molecule has 17 nitrogen and oxygen atoms in total. The zero-order valence-electron chi connectivity index (χ0n) is 59.8. The SMILES string of the molecule is CC/C=C\C/C=C\C/C=C\C/C=C\C/C=C\CCCC(=O)OCC(COP(=O)(O)OCC(O)COP(=O)(O)OCC(COC(=O)CCCCCCCCCCCCCCC)OC(=O)CCCCCCC/C=C\CCCC)OC(=O)CCCC/C=C\C/C=C\C/C=C\C/C=C\CC. The van der Waals surface area contributed by atoms with Gasteiger partial charge in [-0.3, -0.25) is 37.3 Å². The molecule has 0 saturated heterocycles. The number of carbonyl (C=O) groups is 4. The molecule has 0 heterocycles. The summed E-state index contributed by atoms with van der Waals surface area (Å²) in [6, 6.07) is 0. The van der Waals surface area contributed by atoms with Gasteiger partial charge < -0.3 is 33.8 Å². The van der Waals surface area contributed by atoms with Crippen molar-refractivity contribution in [3.05, 3.63) is 122 Å². The Morgan fingerprint density at radius 3 is 0.938 bits per heavy atom. The molecule has 0 aliphatic carbocycles. The summed E-state index contributed by atoms with van der Waals surface area (Å²) in [6.07, 6.45) is 73.6. The van der Waals surface area contributed by atoms with E-state index >= 15 is 0 Å². The van der Waals surface area contributed by atoms with E-state index in [1.807, 2.05) is 12.2 Å². The fraction of sp³-hybridized carbons (Fsp3) is 0.688. The maximum Gasteiger partial charge on any atom is 0.472 e. The number of rotatable bonds is 68. The van der Waals surface area contributed by atoms with E-state index in [9.17, 15) is 43.2 Å². The van der Waals surface area contributed by atoms with E-state index in [4.69, 9.17) is 37.0 Å². The number of carbonyl (C=O) groups excluding carboxylic acids is 4. The Kier molecular flexibility index (Phi) is 65.7. The van der Waals surface area contributed by atoms with Gasteiger partial charge in [0.25, 0.3) is 0 Å². The average Bonchev–Trinajstić information content (AvgIpc) is 2.18. The molecule has 0 bridgehead atoms. The second-order valence-corrected chi connectivity index (χ2v) is 27.0. The van der Waals surface area contributed by atoms with Crippen molar-refractivity contribution >= 4 is 39.5 Å². The first-order valence-corrected chi connectivity index (χ1v) is 39.8. The van der Waals surface area contributed by atoms with Gasteiger partial charge in [0, 0.05) is 25.7 Å². The molecule has 0 fully saturated rings. The number of aliphatic hydroxyl groups is 1. The molecule has 0 aliphatic heterocycles. The molecule has 0 aromatic heterocycles. The lowest BCUT2D eigenvalue weighted by molar-refractivity contribution is -0.161. The van der Waals surface area contributed by atoms with Crippen LogP contribution in [0, 0.1) is 0 Å². The van der Waals surface area contributed by atoms with Crippen LogP contribution in [0.15, 0.2) is 122 Å². The highest BCUT2D eigenvalue weighted by molar-refractivity contribution is 7.47. The molecule has 0 saturated carbocycles. The molecule has 19 heteroatoms. The number of esters is 4. The second-order valence-electron chi connectivity index (χ2n) is 24.1. The molecule has 5 unspecified atom stereocenters. The highest BCUT2D eigenvalue weighted by Crippen LogP contribution is 2.45. The van der Waals surface area contributed by atoms with Crippen LogP contribution >= 0.6 is 15.6 Å². The van der Waals surface area contributed by atoms with Crippen molar-refractivity contribution < 1.29 is 80.2 Å². The lowest BCUT2D eigenvalue weighted by atomic mass is 10.0. The van der Waals surface area contributed by atoms with Crippen molar-refractivity contribution in [3.63, 3.8) is 0 Å². The molecule has 96 heavy (non-hydrogen) atoms. The van der Waals surface area contributed by atoms with Crippen LogP contribution in [0.5, 0.6) is 0 Å². The predicted octanol–water partition coefficient (Wildman–Crippen LogP) is 20.8. The minimum absolute atomic E-state index is 0.0278. The fourth-order valence-corrected chi connectivity index (χ4v) is 10.9. The van der Waals surface area contributed by atoms with E-state index in [2.05, 4.69) is 137 Å². The first-order valence-electron chi connectivity index (χ1n) is 36.8. The predicted molar refractivity (Wildman–Crippen MR) is 390 cm³/mol. The van der Waals surface area contributed by atoms with Gasteiger partial charge in [0.2, 0.25) is 0 Å². The van der Waals surface area contributed by atoms with Crippen LogP contribution in [-0.2, 0) is 65.4 Å².